The first kappa shape index (κ1) is 22.4. The predicted octanol–water partition coefficient (Wildman–Crippen LogP) is 3.05. The zero-order valence-corrected chi connectivity index (χ0v) is 19.6. The fraction of sp³-hybridized carbons (Fsp3) is 0.480. The van der Waals surface area contributed by atoms with Crippen LogP contribution in [0, 0.1) is 11.3 Å². The number of likely N-dealkylation sites (N-methyl/N-ethyl adjacent to an activating group) is 1. The van der Waals surface area contributed by atoms with Gasteiger partial charge in [-0.3, -0.25) is 14.3 Å². The van der Waals surface area contributed by atoms with Crippen LogP contribution in [0.25, 0.3) is 11.0 Å². The predicted molar refractivity (Wildman–Crippen MR) is 131 cm³/mol. The molecule has 3 aromatic rings. The molecule has 176 valence electrons. The molecule has 2 fully saturated rings. The van der Waals surface area contributed by atoms with Gasteiger partial charge in [-0.15, -0.1) is 0 Å². The second kappa shape index (κ2) is 9.87. The normalized spacial score (nSPS) is 17.8. The Morgan fingerprint density at radius 3 is 2.53 bits per heavy atom. The van der Waals surface area contributed by atoms with E-state index in [0.29, 0.717) is 22.8 Å². The maximum atomic E-state index is 12.9. The maximum Gasteiger partial charge on any atom is 0.270 e. The zero-order chi connectivity index (χ0) is 23.5. The number of fused-ring (bicyclic) bond motifs is 1. The topological polar surface area (TPSA) is 103 Å². The highest BCUT2D eigenvalue weighted by Gasteiger charge is 2.23. The number of aromatic nitrogens is 4. The second-order valence-corrected chi connectivity index (χ2v) is 9.14. The van der Waals surface area contributed by atoms with E-state index in [0.717, 1.165) is 65.0 Å². The Kier molecular flexibility index (Phi) is 6.52. The molecule has 0 unspecified atom stereocenters. The van der Waals surface area contributed by atoms with Crippen LogP contribution < -0.4 is 10.9 Å². The summed E-state index contributed by atoms with van der Waals surface area (Å²) in [6.07, 6.45) is 7.57. The van der Waals surface area contributed by atoms with Crippen LogP contribution >= 0.6 is 0 Å². The summed E-state index contributed by atoms with van der Waals surface area (Å²) in [5.74, 6) is 1.04. The average Bonchev–Trinajstić information content (AvgIpc) is 3.40. The van der Waals surface area contributed by atoms with Gasteiger partial charge in [0, 0.05) is 56.5 Å². The van der Waals surface area contributed by atoms with Crippen molar-refractivity contribution < 1.29 is 0 Å². The summed E-state index contributed by atoms with van der Waals surface area (Å²) >= 11 is 0. The van der Waals surface area contributed by atoms with Crippen molar-refractivity contribution in [1.29, 1.82) is 5.26 Å². The third-order valence-electron chi connectivity index (χ3n) is 6.97. The zero-order valence-electron chi connectivity index (χ0n) is 19.6. The van der Waals surface area contributed by atoms with Crippen molar-refractivity contribution in [3.63, 3.8) is 0 Å². The molecule has 1 saturated heterocycles. The molecule has 2 aliphatic rings. The Bertz CT molecular complexity index is 1250. The smallest absolute Gasteiger partial charge is 0.270 e. The maximum absolute atomic E-state index is 12.9. The number of piperazine rings is 1. The molecule has 0 bridgehead atoms. The summed E-state index contributed by atoms with van der Waals surface area (Å²) in [5.41, 5.74) is 1.61. The molecule has 0 amide bonds. The van der Waals surface area contributed by atoms with Gasteiger partial charge in [0.05, 0.1) is 0 Å². The fourth-order valence-corrected chi connectivity index (χ4v) is 4.99. The fourth-order valence-electron chi connectivity index (χ4n) is 4.99. The lowest BCUT2D eigenvalue weighted by Crippen LogP contribution is -2.45. The molecule has 34 heavy (non-hydrogen) atoms. The number of rotatable bonds is 6. The van der Waals surface area contributed by atoms with E-state index in [-0.39, 0.29) is 17.2 Å². The van der Waals surface area contributed by atoms with Crippen LogP contribution in [0.2, 0.25) is 0 Å². The van der Waals surface area contributed by atoms with Crippen molar-refractivity contribution in [2.24, 2.45) is 0 Å². The van der Waals surface area contributed by atoms with Crippen molar-refractivity contribution >= 4 is 22.8 Å². The first-order valence-electron chi connectivity index (χ1n) is 12.1. The largest absolute Gasteiger partial charge is 0.309 e. The first-order chi connectivity index (χ1) is 16.6. The summed E-state index contributed by atoms with van der Waals surface area (Å²) < 4.78 is 1.70. The van der Waals surface area contributed by atoms with E-state index in [1.54, 1.807) is 16.8 Å². The second-order valence-electron chi connectivity index (χ2n) is 9.14. The van der Waals surface area contributed by atoms with Crippen LogP contribution in [-0.2, 0) is 6.54 Å². The van der Waals surface area contributed by atoms with Crippen LogP contribution in [0.1, 0.15) is 49.8 Å². The molecule has 0 aromatic carbocycles. The molecule has 3 aromatic heterocycles. The van der Waals surface area contributed by atoms with Crippen molar-refractivity contribution in [2.75, 3.05) is 38.0 Å². The van der Waals surface area contributed by atoms with Crippen molar-refractivity contribution in [3.8, 4) is 6.07 Å². The van der Waals surface area contributed by atoms with Gasteiger partial charge in [0.25, 0.3) is 5.56 Å². The van der Waals surface area contributed by atoms with Crippen LogP contribution in [0.4, 0.5) is 11.8 Å². The van der Waals surface area contributed by atoms with Gasteiger partial charge in [0.1, 0.15) is 23.1 Å². The number of nitriles is 1. The Balaban J connectivity index is 1.34. The molecule has 5 rings (SSSR count). The standard InChI is InChI=1S/C25H30N8O/c1-2-31-9-11-32(12-10-31)17-18-7-8-22(27-15-18)29-25-28-16-20-13-19(14-26)24(34)33(23(20)30-25)21-5-3-4-6-21/h7-8,13,15-16,21H,2-6,9-12,17H2,1H3,(H,27,28,29,30). The highest BCUT2D eigenvalue weighted by atomic mass is 16.1. The van der Waals surface area contributed by atoms with Gasteiger partial charge >= 0.3 is 0 Å². The highest BCUT2D eigenvalue weighted by Crippen LogP contribution is 2.30. The van der Waals surface area contributed by atoms with Crippen LogP contribution in [0.15, 0.2) is 35.4 Å². The van der Waals surface area contributed by atoms with Crippen LogP contribution in [0.5, 0.6) is 0 Å². The van der Waals surface area contributed by atoms with E-state index >= 15 is 0 Å². The molecule has 4 heterocycles. The van der Waals surface area contributed by atoms with Gasteiger partial charge in [-0.05, 0) is 37.1 Å². The van der Waals surface area contributed by atoms with E-state index in [1.807, 2.05) is 18.3 Å². The van der Waals surface area contributed by atoms with Crippen molar-refractivity contribution in [1.82, 2.24) is 29.3 Å². The third kappa shape index (κ3) is 4.65. The highest BCUT2D eigenvalue weighted by molar-refractivity contribution is 5.77. The summed E-state index contributed by atoms with van der Waals surface area (Å²) in [4.78, 5) is 31.5. The van der Waals surface area contributed by atoms with E-state index in [4.69, 9.17) is 0 Å². The monoisotopic (exact) mass is 458 g/mol. The molecular formula is C25H30N8O. The molecule has 1 aliphatic heterocycles. The molecule has 0 atom stereocenters. The minimum atomic E-state index is -0.270. The van der Waals surface area contributed by atoms with Gasteiger partial charge in [-0.2, -0.15) is 10.2 Å². The number of pyridine rings is 2. The number of nitrogens with zero attached hydrogens (tertiary/aromatic N) is 7. The minimum Gasteiger partial charge on any atom is -0.309 e. The molecule has 0 radical (unpaired) electrons. The van der Waals surface area contributed by atoms with Crippen molar-refractivity contribution in [3.05, 3.63) is 52.1 Å². The van der Waals surface area contributed by atoms with E-state index in [1.165, 1.54) is 5.56 Å². The van der Waals surface area contributed by atoms with E-state index in [9.17, 15) is 10.1 Å². The quantitative estimate of drug-likeness (QED) is 0.601. The number of nitrogens with one attached hydrogen (secondary N) is 1. The van der Waals surface area contributed by atoms with Gasteiger partial charge < -0.3 is 10.2 Å². The molecule has 1 aliphatic carbocycles. The number of hydrogen-bond donors (Lipinski definition) is 1. The van der Waals surface area contributed by atoms with Gasteiger partial charge in [-0.1, -0.05) is 25.8 Å². The Morgan fingerprint density at radius 2 is 1.85 bits per heavy atom. The Morgan fingerprint density at radius 1 is 1.09 bits per heavy atom. The molecular weight excluding hydrogens is 428 g/mol. The van der Waals surface area contributed by atoms with Crippen LogP contribution in [0.3, 0.4) is 0 Å². The minimum absolute atomic E-state index is 0.0719. The van der Waals surface area contributed by atoms with Crippen LogP contribution in [-0.4, -0.2) is 62.0 Å². The third-order valence-corrected chi connectivity index (χ3v) is 6.97. The lowest BCUT2D eigenvalue weighted by molar-refractivity contribution is 0.132. The molecule has 9 nitrogen and oxygen atoms in total. The van der Waals surface area contributed by atoms with Gasteiger partial charge in [-0.25, -0.2) is 9.97 Å². The molecule has 0 spiro atoms. The Hall–Kier alpha value is -3.35. The summed E-state index contributed by atoms with van der Waals surface area (Å²) in [6, 6.07) is 7.70. The van der Waals surface area contributed by atoms with E-state index < -0.39 is 0 Å². The Labute approximate surface area is 199 Å². The summed E-state index contributed by atoms with van der Waals surface area (Å²) in [7, 11) is 0. The van der Waals surface area contributed by atoms with Crippen molar-refractivity contribution in [2.45, 2.75) is 45.2 Å². The summed E-state index contributed by atoms with van der Waals surface area (Å²) in [5, 5.41) is 13.3. The number of hydrogen-bond acceptors (Lipinski definition) is 8. The van der Waals surface area contributed by atoms with Gasteiger partial charge in [0.2, 0.25) is 5.95 Å². The summed E-state index contributed by atoms with van der Waals surface area (Å²) in [6.45, 7) is 8.61. The first-order valence-corrected chi connectivity index (χ1v) is 12.1. The number of anilines is 2. The molecule has 1 N–H and O–H groups in total. The lowest BCUT2D eigenvalue weighted by atomic mass is 10.2. The average molecular weight is 459 g/mol. The van der Waals surface area contributed by atoms with Gasteiger partial charge in [0.15, 0.2) is 0 Å². The molecule has 1 saturated carbocycles. The van der Waals surface area contributed by atoms with E-state index in [2.05, 4.69) is 43.1 Å². The SMILES string of the molecule is CCN1CCN(Cc2ccc(Nc3ncc4cc(C#N)c(=O)n(C5CCCC5)c4n3)nc2)CC1. The molecule has 9 heteroatoms. The lowest BCUT2D eigenvalue weighted by Gasteiger charge is -2.33.